The molecule has 1 aliphatic rings. The molecule has 0 saturated carbocycles. The normalized spacial score (nSPS) is 16.4. The van der Waals surface area contributed by atoms with Gasteiger partial charge in [0.05, 0.1) is 7.11 Å². The molecule has 1 saturated heterocycles. The first-order chi connectivity index (χ1) is 11.2. The highest BCUT2D eigenvalue weighted by Crippen LogP contribution is 2.23. The third-order valence-corrected chi connectivity index (χ3v) is 4.56. The smallest absolute Gasteiger partial charge is 0.212 e. The van der Waals surface area contributed by atoms with Crippen molar-refractivity contribution in [3.05, 3.63) is 59.5 Å². The van der Waals surface area contributed by atoms with Gasteiger partial charge in [0.15, 0.2) is 0 Å². The first kappa shape index (κ1) is 15.9. The summed E-state index contributed by atoms with van der Waals surface area (Å²) in [6, 6.07) is 10.9. The van der Waals surface area contributed by atoms with Crippen molar-refractivity contribution in [3.63, 3.8) is 0 Å². The number of hydrogen-bond acceptors (Lipinski definition) is 3. The van der Waals surface area contributed by atoms with E-state index < -0.39 is 0 Å². The summed E-state index contributed by atoms with van der Waals surface area (Å²) in [6.07, 6.45) is 5.34. The third-order valence-electron chi connectivity index (χ3n) is 4.56. The van der Waals surface area contributed by atoms with E-state index in [1.54, 1.807) is 19.2 Å². The summed E-state index contributed by atoms with van der Waals surface area (Å²) in [5, 5.41) is 0. The lowest BCUT2D eigenvalue weighted by molar-refractivity contribution is 0.177. The molecule has 23 heavy (non-hydrogen) atoms. The number of aromatic nitrogens is 1. The van der Waals surface area contributed by atoms with Gasteiger partial charge in [0.2, 0.25) is 5.88 Å². The summed E-state index contributed by atoms with van der Waals surface area (Å²) >= 11 is 0. The van der Waals surface area contributed by atoms with Crippen LogP contribution < -0.4 is 4.74 Å². The molecule has 0 spiro atoms. The standard InChI is InChI=1S/C19H23FN2O/c1-23-19-7-4-17(13-21-19)14-22-10-8-16(9-11-22)12-15-2-5-18(20)6-3-15/h2-7,13,16H,8-12,14H2,1H3. The van der Waals surface area contributed by atoms with Gasteiger partial charge in [-0.3, -0.25) is 4.90 Å². The molecule has 0 N–H and O–H groups in total. The minimum Gasteiger partial charge on any atom is -0.481 e. The Morgan fingerprint density at radius 3 is 2.39 bits per heavy atom. The fourth-order valence-electron chi connectivity index (χ4n) is 3.19. The average Bonchev–Trinajstić information content (AvgIpc) is 2.59. The number of likely N-dealkylation sites (tertiary alicyclic amines) is 1. The molecule has 2 aromatic rings. The molecule has 1 aromatic carbocycles. The number of ether oxygens (including phenoxy) is 1. The summed E-state index contributed by atoms with van der Waals surface area (Å²) < 4.78 is 18.0. The van der Waals surface area contributed by atoms with E-state index in [1.807, 2.05) is 24.4 Å². The van der Waals surface area contributed by atoms with Crippen molar-refractivity contribution in [1.29, 1.82) is 0 Å². The SMILES string of the molecule is COc1ccc(CN2CCC(Cc3ccc(F)cc3)CC2)cn1. The van der Waals surface area contributed by atoms with Gasteiger partial charge in [-0.05, 0) is 61.5 Å². The topological polar surface area (TPSA) is 25.4 Å². The van der Waals surface area contributed by atoms with Crippen LogP contribution in [0.5, 0.6) is 5.88 Å². The van der Waals surface area contributed by atoms with Crippen LogP contribution in [0.1, 0.15) is 24.0 Å². The van der Waals surface area contributed by atoms with Crippen molar-refractivity contribution in [2.75, 3.05) is 20.2 Å². The maximum atomic E-state index is 13.0. The first-order valence-electron chi connectivity index (χ1n) is 8.18. The van der Waals surface area contributed by atoms with Gasteiger partial charge >= 0.3 is 0 Å². The van der Waals surface area contributed by atoms with Gasteiger partial charge in [-0.2, -0.15) is 0 Å². The molecule has 1 aromatic heterocycles. The Hall–Kier alpha value is -1.94. The number of nitrogens with zero attached hydrogens (tertiary/aromatic N) is 2. The number of rotatable bonds is 5. The van der Waals surface area contributed by atoms with E-state index in [1.165, 1.54) is 24.0 Å². The molecule has 3 nitrogen and oxygen atoms in total. The number of piperidine rings is 1. The zero-order valence-corrected chi connectivity index (χ0v) is 13.5. The van der Waals surface area contributed by atoms with Crippen molar-refractivity contribution in [2.24, 2.45) is 5.92 Å². The average molecular weight is 314 g/mol. The number of methoxy groups -OCH3 is 1. The van der Waals surface area contributed by atoms with Gasteiger partial charge in [0.25, 0.3) is 0 Å². The molecule has 0 bridgehead atoms. The summed E-state index contributed by atoms with van der Waals surface area (Å²) in [6.45, 7) is 3.16. The Morgan fingerprint density at radius 1 is 1.09 bits per heavy atom. The van der Waals surface area contributed by atoms with E-state index in [9.17, 15) is 4.39 Å². The zero-order valence-electron chi connectivity index (χ0n) is 13.5. The second-order valence-corrected chi connectivity index (χ2v) is 6.26. The van der Waals surface area contributed by atoms with Gasteiger partial charge in [-0.1, -0.05) is 18.2 Å². The summed E-state index contributed by atoms with van der Waals surface area (Å²) in [4.78, 5) is 6.74. The predicted octanol–water partition coefficient (Wildman–Crippen LogP) is 3.68. The van der Waals surface area contributed by atoms with E-state index in [-0.39, 0.29) is 5.82 Å². The van der Waals surface area contributed by atoms with Crippen LogP contribution >= 0.6 is 0 Å². The molecule has 1 aliphatic heterocycles. The summed E-state index contributed by atoms with van der Waals surface area (Å²) in [5.41, 5.74) is 2.46. The monoisotopic (exact) mass is 314 g/mol. The molecule has 122 valence electrons. The molecular formula is C19H23FN2O. The molecule has 0 radical (unpaired) electrons. The van der Waals surface area contributed by atoms with Crippen LogP contribution in [0.25, 0.3) is 0 Å². The second kappa shape index (κ2) is 7.55. The quantitative estimate of drug-likeness (QED) is 0.842. The van der Waals surface area contributed by atoms with E-state index >= 15 is 0 Å². The highest BCUT2D eigenvalue weighted by Gasteiger charge is 2.19. The Morgan fingerprint density at radius 2 is 1.78 bits per heavy atom. The fourth-order valence-corrected chi connectivity index (χ4v) is 3.19. The Balaban J connectivity index is 1.47. The van der Waals surface area contributed by atoms with Crippen LogP contribution in [0.2, 0.25) is 0 Å². The zero-order chi connectivity index (χ0) is 16.1. The van der Waals surface area contributed by atoms with Crippen LogP contribution in [-0.2, 0) is 13.0 Å². The molecule has 3 rings (SSSR count). The predicted molar refractivity (Wildman–Crippen MR) is 88.9 cm³/mol. The van der Waals surface area contributed by atoms with Crippen LogP contribution in [0.4, 0.5) is 4.39 Å². The van der Waals surface area contributed by atoms with E-state index in [2.05, 4.69) is 16.0 Å². The Labute approximate surface area is 137 Å². The van der Waals surface area contributed by atoms with Crippen molar-refractivity contribution in [3.8, 4) is 5.88 Å². The van der Waals surface area contributed by atoms with Crippen molar-refractivity contribution in [2.45, 2.75) is 25.8 Å². The van der Waals surface area contributed by atoms with Gasteiger partial charge in [-0.15, -0.1) is 0 Å². The Bertz CT molecular complexity index is 604. The highest BCUT2D eigenvalue weighted by molar-refractivity contribution is 5.18. The first-order valence-corrected chi connectivity index (χ1v) is 8.18. The molecule has 0 atom stereocenters. The lowest BCUT2D eigenvalue weighted by Crippen LogP contribution is -2.33. The largest absolute Gasteiger partial charge is 0.481 e. The van der Waals surface area contributed by atoms with E-state index in [0.29, 0.717) is 11.8 Å². The van der Waals surface area contributed by atoms with Gasteiger partial charge in [-0.25, -0.2) is 9.37 Å². The maximum absolute atomic E-state index is 13.0. The van der Waals surface area contributed by atoms with Crippen molar-refractivity contribution < 1.29 is 9.13 Å². The van der Waals surface area contributed by atoms with Gasteiger partial charge in [0, 0.05) is 18.8 Å². The van der Waals surface area contributed by atoms with Gasteiger partial charge < -0.3 is 4.74 Å². The molecular weight excluding hydrogens is 291 g/mol. The molecule has 0 aliphatic carbocycles. The molecule has 2 heterocycles. The van der Waals surface area contributed by atoms with Crippen LogP contribution in [0, 0.1) is 11.7 Å². The van der Waals surface area contributed by atoms with E-state index in [0.717, 1.165) is 26.1 Å². The van der Waals surface area contributed by atoms with Crippen LogP contribution in [0.15, 0.2) is 42.6 Å². The van der Waals surface area contributed by atoms with Gasteiger partial charge in [0.1, 0.15) is 5.82 Å². The van der Waals surface area contributed by atoms with Crippen LogP contribution in [-0.4, -0.2) is 30.1 Å². The number of halogens is 1. The molecule has 4 heteroatoms. The minimum absolute atomic E-state index is 0.156. The summed E-state index contributed by atoms with van der Waals surface area (Å²) in [5.74, 6) is 1.20. The molecule has 0 unspecified atom stereocenters. The Kier molecular flexibility index (Phi) is 5.23. The number of hydrogen-bond donors (Lipinski definition) is 0. The highest BCUT2D eigenvalue weighted by atomic mass is 19.1. The van der Waals surface area contributed by atoms with Crippen molar-refractivity contribution >= 4 is 0 Å². The summed E-state index contributed by atoms with van der Waals surface area (Å²) in [7, 11) is 1.63. The van der Waals surface area contributed by atoms with Crippen LogP contribution in [0.3, 0.4) is 0 Å². The molecule has 0 amide bonds. The third kappa shape index (κ3) is 4.52. The second-order valence-electron chi connectivity index (χ2n) is 6.26. The van der Waals surface area contributed by atoms with E-state index in [4.69, 9.17) is 4.74 Å². The fraction of sp³-hybridized carbons (Fsp3) is 0.421. The minimum atomic E-state index is -0.156. The number of pyridine rings is 1. The maximum Gasteiger partial charge on any atom is 0.212 e. The lowest BCUT2D eigenvalue weighted by Gasteiger charge is -2.32. The number of benzene rings is 1. The molecule has 1 fully saturated rings. The van der Waals surface area contributed by atoms with Crippen molar-refractivity contribution in [1.82, 2.24) is 9.88 Å². The lowest BCUT2D eigenvalue weighted by atomic mass is 9.90.